The predicted octanol–water partition coefficient (Wildman–Crippen LogP) is 3.92. The monoisotopic (exact) mass is 510 g/mol. The zero-order valence-electron chi connectivity index (χ0n) is 20.7. The summed E-state index contributed by atoms with van der Waals surface area (Å²) >= 11 is 6.46. The summed E-state index contributed by atoms with van der Waals surface area (Å²) in [6, 6.07) is 3.73. The number of carbonyl (C=O) groups excluding carboxylic acids is 2. The molecule has 0 radical (unpaired) electrons. The number of carbonyl (C=O) groups is 2. The number of benzene rings is 1. The van der Waals surface area contributed by atoms with Crippen LogP contribution in [0.3, 0.4) is 0 Å². The van der Waals surface area contributed by atoms with Crippen molar-refractivity contribution in [1.82, 2.24) is 15.3 Å². The smallest absolute Gasteiger partial charge is 0.229 e. The lowest BCUT2D eigenvalue weighted by molar-refractivity contribution is -0.125. The van der Waals surface area contributed by atoms with Gasteiger partial charge in [0.1, 0.15) is 10.8 Å². The molecule has 9 nitrogen and oxygen atoms in total. The van der Waals surface area contributed by atoms with Crippen LogP contribution in [0.15, 0.2) is 30.5 Å². The number of anilines is 4. The summed E-state index contributed by atoms with van der Waals surface area (Å²) in [6.45, 7) is 2.58. The van der Waals surface area contributed by atoms with Crippen LogP contribution >= 0.6 is 11.6 Å². The molecular weight excluding hydrogens is 480 g/mol. The molecule has 0 saturated heterocycles. The number of hydrogen-bond acceptors (Lipinski definition) is 7. The van der Waals surface area contributed by atoms with Crippen molar-refractivity contribution in [3.8, 4) is 5.75 Å². The maximum absolute atomic E-state index is 12.6. The van der Waals surface area contributed by atoms with Crippen LogP contribution in [0.2, 0.25) is 5.02 Å². The van der Waals surface area contributed by atoms with Gasteiger partial charge in [-0.1, -0.05) is 23.8 Å². The Morgan fingerprint density at radius 2 is 2.06 bits per heavy atom. The van der Waals surface area contributed by atoms with Crippen molar-refractivity contribution in [2.24, 2.45) is 17.8 Å². The van der Waals surface area contributed by atoms with Crippen LogP contribution in [-0.2, 0) is 16.0 Å². The predicted molar refractivity (Wildman–Crippen MR) is 140 cm³/mol. The average Bonchev–Trinajstić information content (AvgIpc) is 3.44. The quantitative estimate of drug-likeness (QED) is 0.484. The summed E-state index contributed by atoms with van der Waals surface area (Å²) in [5.41, 5.74) is 2.58. The topological polar surface area (TPSA) is 108 Å². The molecular formula is C26H31ClN6O3. The number of fused-ring (bicyclic) bond motifs is 3. The van der Waals surface area contributed by atoms with E-state index in [-0.39, 0.29) is 35.6 Å². The SMILES string of the molecule is CCN1C(=O)CCCc2c1ccc(Nc1ncc(Cl)c(NC3C4C=CC(C4)C3C(=O)NC)n1)c2OC. The normalized spacial score (nSPS) is 24.3. The first-order valence-electron chi connectivity index (χ1n) is 12.4. The van der Waals surface area contributed by atoms with Gasteiger partial charge in [-0.15, -0.1) is 0 Å². The first kappa shape index (κ1) is 24.4. The fraction of sp³-hybridized carbons (Fsp3) is 0.462. The molecule has 2 amide bonds. The third-order valence-corrected chi connectivity index (χ3v) is 7.74. The third-order valence-electron chi connectivity index (χ3n) is 7.47. The molecule has 2 heterocycles. The van der Waals surface area contributed by atoms with E-state index in [1.54, 1.807) is 20.4 Å². The second kappa shape index (κ2) is 9.97. The lowest BCUT2D eigenvalue weighted by atomic mass is 9.88. The molecule has 0 spiro atoms. The van der Waals surface area contributed by atoms with Gasteiger partial charge in [0, 0.05) is 31.6 Å². The van der Waals surface area contributed by atoms with Crippen molar-refractivity contribution in [2.45, 2.75) is 38.6 Å². The number of nitrogens with zero attached hydrogens (tertiary/aromatic N) is 3. The van der Waals surface area contributed by atoms with Crippen molar-refractivity contribution in [1.29, 1.82) is 0 Å². The summed E-state index contributed by atoms with van der Waals surface area (Å²) in [5.74, 6) is 1.92. The van der Waals surface area contributed by atoms with Gasteiger partial charge < -0.3 is 25.6 Å². The molecule has 4 atom stereocenters. The Kier molecular flexibility index (Phi) is 6.75. The van der Waals surface area contributed by atoms with Crippen molar-refractivity contribution >= 4 is 46.6 Å². The van der Waals surface area contributed by atoms with E-state index in [0.717, 1.165) is 30.5 Å². The van der Waals surface area contributed by atoms with Crippen molar-refractivity contribution in [3.05, 3.63) is 41.1 Å². The molecule has 10 heteroatoms. The van der Waals surface area contributed by atoms with Gasteiger partial charge in [-0.2, -0.15) is 4.98 Å². The molecule has 3 aliphatic rings. The summed E-state index contributed by atoms with van der Waals surface area (Å²) < 4.78 is 5.80. The molecule has 1 aliphatic heterocycles. The number of methoxy groups -OCH3 is 1. The Hall–Kier alpha value is -3.33. The zero-order chi connectivity index (χ0) is 25.4. The highest BCUT2D eigenvalue weighted by molar-refractivity contribution is 6.32. The van der Waals surface area contributed by atoms with Crippen LogP contribution in [0.25, 0.3) is 0 Å². The number of rotatable bonds is 7. The minimum absolute atomic E-state index is 0.0159. The summed E-state index contributed by atoms with van der Waals surface area (Å²) in [5, 5.41) is 9.87. The Morgan fingerprint density at radius 1 is 1.25 bits per heavy atom. The van der Waals surface area contributed by atoms with E-state index < -0.39 is 0 Å². The fourth-order valence-electron chi connectivity index (χ4n) is 5.83. The van der Waals surface area contributed by atoms with Gasteiger partial charge in [-0.3, -0.25) is 9.59 Å². The van der Waals surface area contributed by atoms with Gasteiger partial charge >= 0.3 is 0 Å². The van der Waals surface area contributed by atoms with E-state index in [1.807, 2.05) is 24.0 Å². The minimum atomic E-state index is -0.179. The molecule has 1 fully saturated rings. The molecule has 1 aromatic carbocycles. The molecule has 5 rings (SSSR count). The number of amides is 2. The summed E-state index contributed by atoms with van der Waals surface area (Å²) in [4.78, 5) is 35.9. The van der Waals surface area contributed by atoms with Gasteiger partial charge in [-0.25, -0.2) is 4.98 Å². The molecule has 1 aromatic heterocycles. The molecule has 2 aromatic rings. The molecule has 1 saturated carbocycles. The number of halogens is 1. The number of ether oxygens (including phenoxy) is 1. The van der Waals surface area contributed by atoms with E-state index in [0.29, 0.717) is 41.2 Å². The van der Waals surface area contributed by atoms with Crippen LogP contribution in [0.1, 0.15) is 31.7 Å². The lowest BCUT2D eigenvalue weighted by Gasteiger charge is -2.28. The van der Waals surface area contributed by atoms with Gasteiger partial charge in [0.05, 0.1) is 30.6 Å². The second-order valence-electron chi connectivity index (χ2n) is 9.41. The van der Waals surface area contributed by atoms with E-state index in [4.69, 9.17) is 16.3 Å². The van der Waals surface area contributed by atoms with Gasteiger partial charge in [0.25, 0.3) is 0 Å². The molecule has 2 bridgehead atoms. The molecule has 36 heavy (non-hydrogen) atoms. The maximum atomic E-state index is 12.6. The largest absolute Gasteiger partial charge is 0.494 e. The van der Waals surface area contributed by atoms with E-state index in [2.05, 4.69) is 38.1 Å². The first-order valence-corrected chi connectivity index (χ1v) is 12.8. The van der Waals surface area contributed by atoms with Crippen LogP contribution in [0, 0.1) is 17.8 Å². The number of allylic oxidation sites excluding steroid dienone is 1. The van der Waals surface area contributed by atoms with E-state index in [1.165, 1.54) is 0 Å². The number of aromatic nitrogens is 2. The van der Waals surface area contributed by atoms with Crippen molar-refractivity contribution in [2.75, 3.05) is 36.2 Å². The van der Waals surface area contributed by atoms with Crippen molar-refractivity contribution < 1.29 is 14.3 Å². The molecule has 4 unspecified atom stereocenters. The number of hydrogen-bond donors (Lipinski definition) is 3. The highest BCUT2D eigenvalue weighted by atomic mass is 35.5. The first-order chi connectivity index (χ1) is 17.4. The summed E-state index contributed by atoms with van der Waals surface area (Å²) in [6.07, 6.45) is 8.80. The van der Waals surface area contributed by atoms with Gasteiger partial charge in [0.2, 0.25) is 17.8 Å². The van der Waals surface area contributed by atoms with Crippen LogP contribution in [0.4, 0.5) is 23.1 Å². The van der Waals surface area contributed by atoms with Crippen LogP contribution in [-0.4, -0.2) is 48.5 Å². The lowest BCUT2D eigenvalue weighted by Crippen LogP contribution is -2.42. The maximum Gasteiger partial charge on any atom is 0.229 e. The highest BCUT2D eigenvalue weighted by Gasteiger charge is 2.48. The standard InChI is InChI=1S/C26H31ClN6O3/c1-4-33-19-11-10-18(23(36-3)16(19)6-5-7-20(33)34)30-26-29-13-17(27)24(32-26)31-22-15-9-8-14(12-15)21(22)25(35)28-2/h8-11,13-15,21-22H,4-7,12H2,1-3H3,(H,28,35)(H2,29,30,31,32). The van der Waals surface area contributed by atoms with E-state index in [9.17, 15) is 9.59 Å². The summed E-state index contributed by atoms with van der Waals surface area (Å²) in [7, 11) is 3.29. The Bertz CT molecular complexity index is 1220. The second-order valence-corrected chi connectivity index (χ2v) is 9.82. The van der Waals surface area contributed by atoms with Crippen LogP contribution < -0.4 is 25.6 Å². The highest BCUT2D eigenvalue weighted by Crippen LogP contribution is 2.45. The zero-order valence-corrected chi connectivity index (χ0v) is 21.4. The minimum Gasteiger partial charge on any atom is -0.494 e. The Morgan fingerprint density at radius 3 is 2.81 bits per heavy atom. The van der Waals surface area contributed by atoms with Gasteiger partial charge in [-0.05, 0) is 50.2 Å². The fourth-order valence-corrected chi connectivity index (χ4v) is 5.97. The Labute approximate surface area is 215 Å². The molecule has 3 N–H and O–H groups in total. The Balaban J connectivity index is 1.43. The van der Waals surface area contributed by atoms with Gasteiger partial charge in [0.15, 0.2) is 5.82 Å². The number of nitrogens with one attached hydrogen (secondary N) is 3. The van der Waals surface area contributed by atoms with E-state index >= 15 is 0 Å². The average molecular weight is 511 g/mol. The van der Waals surface area contributed by atoms with Crippen molar-refractivity contribution in [3.63, 3.8) is 0 Å². The van der Waals surface area contributed by atoms with Crippen LogP contribution in [0.5, 0.6) is 5.75 Å². The molecule has 2 aliphatic carbocycles. The molecule has 190 valence electrons. The third kappa shape index (κ3) is 4.25.